The molecular weight excluding hydrogens is 436 g/mol. The van der Waals surface area contributed by atoms with Crippen molar-refractivity contribution in [2.24, 2.45) is 0 Å². The number of rotatable bonds is 7. The van der Waals surface area contributed by atoms with E-state index in [4.69, 9.17) is 4.42 Å². The quantitative estimate of drug-likeness (QED) is 0.293. The summed E-state index contributed by atoms with van der Waals surface area (Å²) in [5.74, 6) is -0.313. The van der Waals surface area contributed by atoms with Crippen molar-refractivity contribution < 1.29 is 13.2 Å². The van der Waals surface area contributed by atoms with Gasteiger partial charge in [-0.1, -0.05) is 42.5 Å². The van der Waals surface area contributed by atoms with Crippen LogP contribution in [0.25, 0.3) is 33.3 Å². The van der Waals surface area contributed by atoms with E-state index in [9.17, 15) is 13.6 Å². The molecule has 5 rings (SSSR count). The second-order valence-corrected chi connectivity index (χ2v) is 7.88. The Morgan fingerprint density at radius 2 is 1.82 bits per heavy atom. The number of para-hydroxylation sites is 1. The molecule has 1 unspecified atom stereocenters. The molecule has 2 heterocycles. The maximum atomic E-state index is 14.4. The molecular formula is C27H21F2N3O2. The van der Waals surface area contributed by atoms with Crippen LogP contribution in [0.4, 0.5) is 14.5 Å². The summed E-state index contributed by atoms with van der Waals surface area (Å²) in [7, 11) is 0. The maximum absolute atomic E-state index is 14.4. The van der Waals surface area contributed by atoms with Crippen LogP contribution in [-0.4, -0.2) is 16.2 Å². The third-order valence-corrected chi connectivity index (χ3v) is 5.76. The number of halogens is 2. The highest BCUT2D eigenvalue weighted by molar-refractivity contribution is 6.05. The Hall–Kier alpha value is -4.26. The Bertz CT molecular complexity index is 1570. The van der Waals surface area contributed by atoms with Crippen molar-refractivity contribution in [2.45, 2.75) is 12.6 Å². The smallest absolute Gasteiger partial charge is 0.277 e. The number of allylic oxidation sites excluding steroid dienone is 1. The fourth-order valence-electron chi connectivity index (χ4n) is 4.11. The van der Waals surface area contributed by atoms with Crippen LogP contribution in [0.15, 0.2) is 94.8 Å². The van der Waals surface area contributed by atoms with Gasteiger partial charge in [0.25, 0.3) is 5.56 Å². The minimum atomic E-state index is -0.788. The van der Waals surface area contributed by atoms with Gasteiger partial charge in [0.2, 0.25) is 0 Å². The first-order chi connectivity index (χ1) is 16.6. The van der Waals surface area contributed by atoms with Crippen LogP contribution in [0.5, 0.6) is 0 Å². The molecule has 0 aliphatic rings. The van der Waals surface area contributed by atoms with Crippen LogP contribution in [-0.2, 0) is 6.54 Å². The van der Waals surface area contributed by atoms with Crippen LogP contribution in [0, 0.1) is 5.82 Å². The first kappa shape index (κ1) is 21.6. The Morgan fingerprint density at radius 3 is 2.62 bits per heavy atom. The Labute approximate surface area is 194 Å². The number of nitrogens with one attached hydrogen (secondary N) is 1. The Morgan fingerprint density at radius 1 is 1.06 bits per heavy atom. The van der Waals surface area contributed by atoms with E-state index in [2.05, 4.69) is 16.9 Å². The monoisotopic (exact) mass is 457 g/mol. The first-order valence-corrected chi connectivity index (χ1v) is 10.8. The number of alkyl halides is 1. The van der Waals surface area contributed by atoms with E-state index < -0.39 is 24.1 Å². The zero-order valence-electron chi connectivity index (χ0n) is 18.2. The summed E-state index contributed by atoms with van der Waals surface area (Å²) in [5, 5.41) is 4.78. The molecule has 0 bridgehead atoms. The highest BCUT2D eigenvalue weighted by Gasteiger charge is 2.19. The van der Waals surface area contributed by atoms with E-state index >= 15 is 0 Å². The molecule has 34 heavy (non-hydrogen) atoms. The van der Waals surface area contributed by atoms with Gasteiger partial charge in [-0.15, -0.1) is 6.58 Å². The molecule has 0 aliphatic heterocycles. The van der Waals surface area contributed by atoms with Gasteiger partial charge < -0.3 is 9.73 Å². The lowest BCUT2D eigenvalue weighted by Crippen LogP contribution is -2.27. The summed E-state index contributed by atoms with van der Waals surface area (Å²) in [6.45, 7) is 3.06. The van der Waals surface area contributed by atoms with E-state index in [1.54, 1.807) is 30.3 Å². The van der Waals surface area contributed by atoms with Crippen LogP contribution >= 0.6 is 0 Å². The van der Waals surface area contributed by atoms with Crippen molar-refractivity contribution in [3.63, 3.8) is 0 Å². The summed E-state index contributed by atoms with van der Waals surface area (Å²) in [4.78, 5) is 17.6. The molecule has 0 fully saturated rings. The van der Waals surface area contributed by atoms with Crippen LogP contribution in [0.3, 0.4) is 0 Å². The molecule has 0 aliphatic carbocycles. The molecule has 0 saturated heterocycles. The molecule has 1 N–H and O–H groups in total. The van der Waals surface area contributed by atoms with Crippen molar-refractivity contribution in [2.75, 3.05) is 12.0 Å². The molecule has 0 saturated carbocycles. The van der Waals surface area contributed by atoms with Gasteiger partial charge in [0.05, 0.1) is 17.8 Å². The normalized spacial score (nSPS) is 12.2. The Kier molecular flexibility index (Phi) is 5.67. The van der Waals surface area contributed by atoms with Gasteiger partial charge in [0.1, 0.15) is 35.2 Å². The number of furan rings is 1. The molecule has 5 aromatic rings. The van der Waals surface area contributed by atoms with Gasteiger partial charge in [-0.3, -0.25) is 9.36 Å². The van der Waals surface area contributed by atoms with Crippen molar-refractivity contribution in [3.8, 4) is 11.4 Å². The summed E-state index contributed by atoms with van der Waals surface area (Å²) < 4.78 is 35.7. The number of hydrogen-bond acceptors (Lipinski definition) is 4. The molecule has 1 atom stereocenters. The molecule has 0 radical (unpaired) electrons. The molecule has 5 nitrogen and oxygen atoms in total. The fraction of sp³-hybridized carbons (Fsp3) is 0.111. The second-order valence-electron chi connectivity index (χ2n) is 7.88. The molecule has 7 heteroatoms. The van der Waals surface area contributed by atoms with Gasteiger partial charge in [0.15, 0.2) is 0 Å². The van der Waals surface area contributed by atoms with E-state index in [0.29, 0.717) is 11.1 Å². The Balaban J connectivity index is 1.54. The number of fused-ring (bicyclic) bond motifs is 3. The zero-order chi connectivity index (χ0) is 23.7. The van der Waals surface area contributed by atoms with Gasteiger partial charge in [-0.2, -0.15) is 0 Å². The van der Waals surface area contributed by atoms with Gasteiger partial charge in [-0.25, -0.2) is 13.8 Å². The summed E-state index contributed by atoms with van der Waals surface area (Å²) >= 11 is 0. The average molecular weight is 457 g/mol. The predicted octanol–water partition coefficient (Wildman–Crippen LogP) is 6.26. The van der Waals surface area contributed by atoms with Crippen molar-refractivity contribution in [1.82, 2.24) is 9.55 Å². The number of nitrogens with zero attached hydrogens (tertiary/aromatic N) is 2. The lowest BCUT2D eigenvalue weighted by atomic mass is 10.0. The highest BCUT2D eigenvalue weighted by Crippen LogP contribution is 2.31. The zero-order valence-corrected chi connectivity index (χ0v) is 18.2. The third-order valence-electron chi connectivity index (χ3n) is 5.76. The first-order valence-electron chi connectivity index (χ1n) is 10.8. The lowest BCUT2D eigenvalue weighted by Gasteiger charge is -2.19. The highest BCUT2D eigenvalue weighted by atomic mass is 19.1. The van der Waals surface area contributed by atoms with E-state index in [-0.39, 0.29) is 23.6 Å². The molecule has 0 amide bonds. The predicted molar refractivity (Wildman–Crippen MR) is 130 cm³/mol. The van der Waals surface area contributed by atoms with Crippen molar-refractivity contribution >= 4 is 27.6 Å². The van der Waals surface area contributed by atoms with Crippen LogP contribution < -0.4 is 10.9 Å². The maximum Gasteiger partial charge on any atom is 0.277 e. The van der Waals surface area contributed by atoms with Crippen molar-refractivity contribution in [3.05, 3.63) is 107 Å². The molecule has 3 aromatic carbocycles. The van der Waals surface area contributed by atoms with E-state index in [1.807, 2.05) is 30.3 Å². The average Bonchev–Trinajstić information content (AvgIpc) is 3.23. The minimum absolute atomic E-state index is 0.113. The van der Waals surface area contributed by atoms with E-state index in [1.165, 1.54) is 22.9 Å². The topological polar surface area (TPSA) is 60.1 Å². The summed E-state index contributed by atoms with van der Waals surface area (Å²) in [6, 6.07) is 18.4. The lowest BCUT2D eigenvalue weighted by molar-refractivity contribution is 0.452. The fourth-order valence-corrected chi connectivity index (χ4v) is 4.11. The summed E-state index contributed by atoms with van der Waals surface area (Å²) in [5.41, 5.74) is 1.98. The van der Waals surface area contributed by atoms with Crippen LogP contribution in [0.2, 0.25) is 0 Å². The van der Waals surface area contributed by atoms with E-state index in [0.717, 1.165) is 16.4 Å². The number of hydrogen-bond donors (Lipinski definition) is 1. The number of aromatic nitrogens is 2. The second kappa shape index (κ2) is 8.94. The number of anilines is 1. The minimum Gasteiger partial charge on any atom is -0.456 e. The largest absolute Gasteiger partial charge is 0.456 e. The molecule has 2 aromatic heterocycles. The molecule has 170 valence electrons. The standard InChI is InChI=1S/C27H21F2N3O2/c1-2-13-32-26(19-8-3-5-9-21(19)29)30-16-23(27(32)33)31-22(15-28)17-11-12-25-20(14-17)18-7-4-6-10-24(18)34-25/h2-12,14,16,22,31H,1,13,15H2. The molecule has 0 spiro atoms. The van der Waals surface area contributed by atoms with Gasteiger partial charge in [0, 0.05) is 17.3 Å². The third kappa shape index (κ3) is 3.75. The SMILES string of the molecule is C=CCn1c(-c2ccccc2F)ncc(NC(CF)c2ccc3oc4ccccc4c3c2)c1=O. The summed E-state index contributed by atoms with van der Waals surface area (Å²) in [6.07, 6.45) is 2.85. The van der Waals surface area contributed by atoms with Crippen molar-refractivity contribution in [1.29, 1.82) is 0 Å². The van der Waals surface area contributed by atoms with Gasteiger partial charge in [-0.05, 0) is 35.9 Å². The van der Waals surface area contributed by atoms with Gasteiger partial charge >= 0.3 is 0 Å². The van der Waals surface area contributed by atoms with Crippen LogP contribution in [0.1, 0.15) is 11.6 Å². The number of benzene rings is 3.